The number of benzene rings is 2. The Balaban J connectivity index is 2.07. The molecule has 2 aromatic heterocycles. The Hall–Kier alpha value is -2.77. The van der Waals surface area contributed by atoms with Gasteiger partial charge in [-0.15, -0.1) is 11.8 Å². The third-order valence-corrected chi connectivity index (χ3v) is 5.15. The molecule has 25 heavy (non-hydrogen) atoms. The first-order chi connectivity index (χ1) is 12.2. The molecule has 4 aromatic rings. The number of pyridine rings is 1. The number of H-pyrrole nitrogens is 1. The molecule has 1 N–H and O–H groups in total. The van der Waals surface area contributed by atoms with Gasteiger partial charge in [0, 0.05) is 27.4 Å². The second-order valence-corrected chi connectivity index (χ2v) is 7.39. The normalized spacial score (nSPS) is 11.1. The molecule has 0 atom stereocenters. The van der Waals surface area contributed by atoms with Crippen molar-refractivity contribution >= 4 is 33.7 Å². The Morgan fingerprint density at radius 2 is 2.08 bits per heavy atom. The molecular formula is C21H17N3S. The van der Waals surface area contributed by atoms with Crippen LogP contribution in [0.25, 0.3) is 33.1 Å². The molecule has 0 radical (unpaired) electrons. The number of aromatic nitrogens is 2. The smallest absolute Gasteiger partial charge is 0.138 e. The van der Waals surface area contributed by atoms with E-state index in [1.165, 1.54) is 4.90 Å². The van der Waals surface area contributed by atoms with Crippen molar-refractivity contribution in [3.05, 3.63) is 59.8 Å². The van der Waals surface area contributed by atoms with Gasteiger partial charge < -0.3 is 4.98 Å². The highest BCUT2D eigenvalue weighted by molar-refractivity contribution is 7.99. The molecule has 0 spiro atoms. The lowest BCUT2D eigenvalue weighted by Crippen LogP contribution is -1.85. The zero-order valence-corrected chi connectivity index (χ0v) is 14.9. The molecule has 0 aliphatic rings. The van der Waals surface area contributed by atoms with Crippen LogP contribution in [0.1, 0.15) is 18.1 Å². The third-order valence-electron chi connectivity index (χ3n) is 4.27. The zero-order valence-electron chi connectivity index (χ0n) is 14.1. The van der Waals surface area contributed by atoms with Gasteiger partial charge in [0.1, 0.15) is 5.65 Å². The summed E-state index contributed by atoms with van der Waals surface area (Å²) in [7, 11) is 0. The molecular weight excluding hydrogens is 326 g/mol. The number of hydrogen-bond donors (Lipinski definition) is 1. The highest BCUT2D eigenvalue weighted by atomic mass is 32.2. The predicted octanol–water partition coefficient (Wildman–Crippen LogP) is 5.68. The third kappa shape index (κ3) is 2.77. The van der Waals surface area contributed by atoms with Crippen molar-refractivity contribution in [3.8, 4) is 17.2 Å². The van der Waals surface area contributed by atoms with Gasteiger partial charge in [0.25, 0.3) is 0 Å². The van der Waals surface area contributed by atoms with Gasteiger partial charge in [-0.1, -0.05) is 19.1 Å². The minimum atomic E-state index is 0.652. The second-order valence-electron chi connectivity index (χ2n) is 6.05. The van der Waals surface area contributed by atoms with E-state index in [-0.39, 0.29) is 0 Å². The van der Waals surface area contributed by atoms with Crippen molar-refractivity contribution in [3.63, 3.8) is 0 Å². The lowest BCUT2D eigenvalue weighted by molar-refractivity contribution is 1.30. The van der Waals surface area contributed by atoms with Crippen LogP contribution in [0.5, 0.6) is 0 Å². The largest absolute Gasteiger partial charge is 0.339 e. The van der Waals surface area contributed by atoms with Gasteiger partial charge in [0.05, 0.1) is 11.6 Å². The van der Waals surface area contributed by atoms with Crippen molar-refractivity contribution in [1.82, 2.24) is 9.97 Å². The molecule has 0 amide bonds. The Morgan fingerprint density at radius 1 is 1.20 bits per heavy atom. The van der Waals surface area contributed by atoms with Crippen LogP contribution in [-0.2, 0) is 0 Å². The number of hydrogen-bond acceptors (Lipinski definition) is 3. The maximum Gasteiger partial charge on any atom is 0.138 e. The number of nitriles is 1. The highest BCUT2D eigenvalue weighted by Crippen LogP contribution is 2.36. The van der Waals surface area contributed by atoms with Crippen LogP contribution in [0.15, 0.2) is 53.6 Å². The molecule has 0 unspecified atom stereocenters. The number of nitrogens with zero attached hydrogens (tertiary/aromatic N) is 2. The van der Waals surface area contributed by atoms with Crippen LogP contribution >= 0.6 is 11.8 Å². The molecule has 0 fully saturated rings. The number of aryl methyl sites for hydroxylation is 1. The fraction of sp³-hybridized carbons (Fsp3) is 0.143. The maximum atomic E-state index is 9.44. The molecule has 0 saturated heterocycles. The highest BCUT2D eigenvalue weighted by Gasteiger charge is 2.13. The van der Waals surface area contributed by atoms with Gasteiger partial charge in [-0.2, -0.15) is 5.26 Å². The average molecular weight is 343 g/mol. The second kappa shape index (κ2) is 6.27. The number of nitrogens with one attached hydrogen (secondary N) is 1. The SMILES string of the molecule is CCSc1cccc(-c2cc(C#N)cc3[nH]c4ncc(C)cc4c23)c1. The van der Waals surface area contributed by atoms with E-state index in [0.29, 0.717) is 5.56 Å². The van der Waals surface area contributed by atoms with E-state index in [4.69, 9.17) is 0 Å². The van der Waals surface area contributed by atoms with E-state index in [2.05, 4.69) is 53.3 Å². The fourth-order valence-electron chi connectivity index (χ4n) is 3.23. The number of fused-ring (bicyclic) bond motifs is 3. The fourth-order valence-corrected chi connectivity index (χ4v) is 3.95. The van der Waals surface area contributed by atoms with Crippen LogP contribution in [-0.4, -0.2) is 15.7 Å². The van der Waals surface area contributed by atoms with Gasteiger partial charge in [-0.25, -0.2) is 4.98 Å². The number of rotatable bonds is 3. The lowest BCUT2D eigenvalue weighted by Gasteiger charge is -2.08. The Labute approximate surface area is 150 Å². The molecule has 0 aliphatic carbocycles. The molecule has 122 valence electrons. The molecule has 4 heteroatoms. The minimum Gasteiger partial charge on any atom is -0.339 e. The molecule has 3 nitrogen and oxygen atoms in total. The molecule has 2 heterocycles. The summed E-state index contributed by atoms with van der Waals surface area (Å²) >= 11 is 1.82. The van der Waals surface area contributed by atoms with Crippen LogP contribution in [0, 0.1) is 18.3 Å². The van der Waals surface area contributed by atoms with Crippen LogP contribution in [0.4, 0.5) is 0 Å². The predicted molar refractivity (Wildman–Crippen MR) is 105 cm³/mol. The van der Waals surface area contributed by atoms with E-state index in [0.717, 1.165) is 44.4 Å². The first-order valence-electron chi connectivity index (χ1n) is 8.25. The Kier molecular flexibility index (Phi) is 3.95. The van der Waals surface area contributed by atoms with Crippen molar-refractivity contribution in [2.75, 3.05) is 5.75 Å². The van der Waals surface area contributed by atoms with E-state index in [9.17, 15) is 5.26 Å². The lowest BCUT2D eigenvalue weighted by atomic mass is 9.97. The summed E-state index contributed by atoms with van der Waals surface area (Å²) in [6.45, 7) is 4.20. The van der Waals surface area contributed by atoms with E-state index >= 15 is 0 Å². The van der Waals surface area contributed by atoms with E-state index in [1.54, 1.807) is 0 Å². The van der Waals surface area contributed by atoms with E-state index in [1.807, 2.05) is 37.0 Å². The van der Waals surface area contributed by atoms with Crippen molar-refractivity contribution in [2.45, 2.75) is 18.7 Å². The maximum absolute atomic E-state index is 9.44. The monoisotopic (exact) mass is 343 g/mol. The molecule has 0 bridgehead atoms. The summed E-state index contributed by atoms with van der Waals surface area (Å²) < 4.78 is 0. The topological polar surface area (TPSA) is 52.5 Å². The quantitative estimate of drug-likeness (QED) is 0.487. The van der Waals surface area contributed by atoms with E-state index < -0.39 is 0 Å². The van der Waals surface area contributed by atoms with Gasteiger partial charge in [-0.3, -0.25) is 0 Å². The van der Waals surface area contributed by atoms with Crippen molar-refractivity contribution in [2.24, 2.45) is 0 Å². The van der Waals surface area contributed by atoms with Gasteiger partial charge in [0.15, 0.2) is 0 Å². The molecule has 0 aliphatic heterocycles. The zero-order chi connectivity index (χ0) is 17.4. The first-order valence-corrected chi connectivity index (χ1v) is 9.23. The number of thioether (sulfide) groups is 1. The summed E-state index contributed by atoms with van der Waals surface area (Å²) in [6, 6.07) is 16.8. The van der Waals surface area contributed by atoms with Crippen LogP contribution in [0.3, 0.4) is 0 Å². The standard InChI is InChI=1S/C21H17N3S/c1-3-25-16-6-4-5-15(10-16)17-8-14(11-22)9-19-20(17)18-7-13(2)12-23-21(18)24-19/h4-10,12H,3H2,1-2H3,(H,23,24). The summed E-state index contributed by atoms with van der Waals surface area (Å²) in [5.74, 6) is 1.04. The minimum absolute atomic E-state index is 0.652. The van der Waals surface area contributed by atoms with Crippen molar-refractivity contribution in [1.29, 1.82) is 5.26 Å². The first kappa shape index (κ1) is 15.7. The Morgan fingerprint density at radius 3 is 2.88 bits per heavy atom. The number of aromatic amines is 1. The summed E-state index contributed by atoms with van der Waals surface area (Å²) in [5, 5.41) is 11.7. The molecule has 4 rings (SSSR count). The van der Waals surface area contributed by atoms with Gasteiger partial charge in [-0.05, 0) is 59.7 Å². The van der Waals surface area contributed by atoms with Gasteiger partial charge >= 0.3 is 0 Å². The molecule has 0 saturated carbocycles. The summed E-state index contributed by atoms with van der Waals surface area (Å²) in [4.78, 5) is 9.12. The van der Waals surface area contributed by atoms with Crippen molar-refractivity contribution < 1.29 is 0 Å². The Bertz CT molecular complexity index is 1140. The summed E-state index contributed by atoms with van der Waals surface area (Å²) in [6.07, 6.45) is 1.86. The van der Waals surface area contributed by atoms with Crippen LogP contribution < -0.4 is 0 Å². The molecule has 2 aromatic carbocycles. The van der Waals surface area contributed by atoms with Gasteiger partial charge in [0.2, 0.25) is 0 Å². The summed E-state index contributed by atoms with van der Waals surface area (Å²) in [5.41, 5.74) is 5.79. The average Bonchev–Trinajstić information content (AvgIpc) is 2.99. The van der Waals surface area contributed by atoms with Crippen LogP contribution in [0.2, 0.25) is 0 Å².